The molecule has 31 heavy (non-hydrogen) atoms. The molecule has 4 rings (SSSR count). The van der Waals surface area contributed by atoms with Crippen molar-refractivity contribution in [3.8, 4) is 5.82 Å². The molecule has 0 atom stereocenters. The molecule has 1 saturated heterocycles. The summed E-state index contributed by atoms with van der Waals surface area (Å²) in [7, 11) is 0. The Bertz CT molecular complexity index is 1250. The summed E-state index contributed by atoms with van der Waals surface area (Å²) in [4.78, 5) is 43.6. The van der Waals surface area contributed by atoms with Crippen molar-refractivity contribution in [2.75, 3.05) is 4.90 Å². The van der Waals surface area contributed by atoms with Gasteiger partial charge in [-0.3, -0.25) is 14.9 Å². The molecule has 3 heterocycles. The van der Waals surface area contributed by atoms with Gasteiger partial charge in [0.15, 0.2) is 0 Å². The summed E-state index contributed by atoms with van der Waals surface area (Å²) in [6, 6.07) is 12.1. The summed E-state index contributed by atoms with van der Waals surface area (Å²) in [6.45, 7) is 7.60. The van der Waals surface area contributed by atoms with E-state index in [-0.39, 0.29) is 5.57 Å². The van der Waals surface area contributed by atoms with E-state index >= 15 is 0 Å². The van der Waals surface area contributed by atoms with Gasteiger partial charge in [0, 0.05) is 17.6 Å². The molecule has 2 aromatic heterocycles. The smallest absolute Gasteiger partial charge is 0.303 e. The molecule has 1 aliphatic heterocycles. The highest BCUT2D eigenvalue weighted by Gasteiger charge is 2.37. The number of rotatable bonds is 3. The zero-order valence-electron chi connectivity index (χ0n) is 17.8. The number of nitrogens with zero attached hydrogens (tertiary/aromatic N) is 3. The summed E-state index contributed by atoms with van der Waals surface area (Å²) in [5.74, 6) is -0.610. The van der Waals surface area contributed by atoms with Crippen LogP contribution in [0.15, 0.2) is 54.2 Å². The molecule has 1 N–H and O–H groups in total. The first-order chi connectivity index (χ1) is 14.8. The molecule has 7 heteroatoms. The quantitative estimate of drug-likeness (QED) is 0.522. The minimum Gasteiger partial charge on any atom is -0.303 e. The average Bonchev–Trinajstić information content (AvgIpc) is 3.00. The minimum absolute atomic E-state index is 0.0973. The first-order valence-corrected chi connectivity index (χ1v) is 9.87. The first-order valence-electron chi connectivity index (χ1n) is 9.87. The van der Waals surface area contributed by atoms with Crippen LogP contribution >= 0.6 is 0 Å². The van der Waals surface area contributed by atoms with E-state index in [1.807, 2.05) is 49.6 Å². The number of carbonyl (C=O) groups excluding carboxylic acids is 3. The number of anilines is 1. The fourth-order valence-corrected chi connectivity index (χ4v) is 3.72. The highest BCUT2D eigenvalue weighted by atomic mass is 16.2. The van der Waals surface area contributed by atoms with Crippen LogP contribution in [-0.2, 0) is 9.59 Å². The number of hydrogen-bond donors (Lipinski definition) is 1. The summed E-state index contributed by atoms with van der Waals surface area (Å²) < 4.78 is 1.96. The predicted molar refractivity (Wildman–Crippen MR) is 118 cm³/mol. The van der Waals surface area contributed by atoms with Crippen LogP contribution in [-0.4, -0.2) is 27.4 Å². The number of para-hydroxylation sites is 1. The molecule has 0 saturated carbocycles. The number of aromatic nitrogens is 2. The first kappa shape index (κ1) is 20.3. The molecule has 0 bridgehead atoms. The average molecular weight is 414 g/mol. The molecule has 0 aliphatic carbocycles. The van der Waals surface area contributed by atoms with Crippen LogP contribution < -0.4 is 10.2 Å². The van der Waals surface area contributed by atoms with Crippen LogP contribution in [0.3, 0.4) is 0 Å². The molecule has 156 valence electrons. The number of aryl methyl sites for hydroxylation is 3. The number of amides is 4. The van der Waals surface area contributed by atoms with Gasteiger partial charge in [0.05, 0.1) is 5.69 Å². The van der Waals surface area contributed by atoms with Crippen molar-refractivity contribution in [3.63, 3.8) is 0 Å². The molecule has 0 spiro atoms. The SMILES string of the molecule is Cc1ccc(-n2c(C)cc(C=C3C(=O)NC(=O)N(c4ccccc4C)C3=O)c2C)nc1. The zero-order valence-corrected chi connectivity index (χ0v) is 17.8. The molecule has 0 radical (unpaired) electrons. The van der Waals surface area contributed by atoms with E-state index in [0.717, 1.165) is 33.2 Å². The Morgan fingerprint density at radius 3 is 2.39 bits per heavy atom. The Morgan fingerprint density at radius 2 is 1.71 bits per heavy atom. The van der Waals surface area contributed by atoms with Gasteiger partial charge >= 0.3 is 6.03 Å². The molecule has 3 aromatic rings. The summed E-state index contributed by atoms with van der Waals surface area (Å²) in [6.07, 6.45) is 3.32. The fourth-order valence-electron chi connectivity index (χ4n) is 3.72. The lowest BCUT2D eigenvalue weighted by atomic mass is 10.1. The molecule has 1 fully saturated rings. The molecular weight excluding hydrogens is 392 g/mol. The number of carbonyl (C=O) groups is 3. The van der Waals surface area contributed by atoms with Gasteiger partial charge in [-0.05, 0) is 68.7 Å². The van der Waals surface area contributed by atoms with E-state index < -0.39 is 17.8 Å². The Kier molecular flexibility index (Phi) is 5.02. The van der Waals surface area contributed by atoms with Crippen LogP contribution in [0.4, 0.5) is 10.5 Å². The number of barbiturate groups is 1. The third kappa shape index (κ3) is 3.54. The second-order valence-electron chi connectivity index (χ2n) is 7.60. The lowest BCUT2D eigenvalue weighted by Crippen LogP contribution is -2.54. The lowest BCUT2D eigenvalue weighted by Gasteiger charge is -2.27. The predicted octanol–water partition coefficient (Wildman–Crippen LogP) is 3.77. The second kappa shape index (κ2) is 7.68. The molecular formula is C24H22N4O3. The van der Waals surface area contributed by atoms with Gasteiger partial charge in [0.25, 0.3) is 11.8 Å². The molecule has 0 unspecified atom stereocenters. The monoisotopic (exact) mass is 414 g/mol. The third-order valence-electron chi connectivity index (χ3n) is 5.35. The maximum Gasteiger partial charge on any atom is 0.335 e. The summed E-state index contributed by atoms with van der Waals surface area (Å²) in [5, 5.41) is 2.27. The van der Waals surface area contributed by atoms with Crippen LogP contribution in [0, 0.1) is 27.7 Å². The topological polar surface area (TPSA) is 84.3 Å². The van der Waals surface area contributed by atoms with Gasteiger partial charge < -0.3 is 4.57 Å². The number of pyridine rings is 1. The highest BCUT2D eigenvalue weighted by molar-refractivity contribution is 6.39. The second-order valence-corrected chi connectivity index (χ2v) is 7.60. The fraction of sp³-hybridized carbons (Fsp3) is 0.167. The molecule has 1 aliphatic rings. The molecule has 1 aromatic carbocycles. The van der Waals surface area contributed by atoms with E-state index in [2.05, 4.69) is 10.3 Å². The van der Waals surface area contributed by atoms with E-state index in [4.69, 9.17) is 0 Å². The maximum atomic E-state index is 13.2. The van der Waals surface area contributed by atoms with E-state index in [0.29, 0.717) is 11.3 Å². The Morgan fingerprint density at radius 1 is 0.968 bits per heavy atom. The van der Waals surface area contributed by atoms with Crippen molar-refractivity contribution in [1.82, 2.24) is 14.9 Å². The van der Waals surface area contributed by atoms with E-state index in [1.54, 1.807) is 31.3 Å². The number of benzene rings is 1. The Hall–Kier alpha value is -4.00. The standard InChI is InChI=1S/C24H22N4O3/c1-14-9-10-21(25-13-14)27-16(3)11-18(17(27)4)12-19-22(29)26-24(31)28(23(19)30)20-8-6-5-7-15(20)2/h5-13H,1-4H3,(H,26,29,31). The van der Waals surface area contributed by atoms with Crippen molar-refractivity contribution in [3.05, 3.63) is 82.3 Å². The lowest BCUT2D eigenvalue weighted by molar-refractivity contribution is -0.122. The van der Waals surface area contributed by atoms with Crippen molar-refractivity contribution in [2.45, 2.75) is 27.7 Å². The highest BCUT2D eigenvalue weighted by Crippen LogP contribution is 2.27. The van der Waals surface area contributed by atoms with Gasteiger partial charge in [-0.25, -0.2) is 14.7 Å². The summed E-state index contributed by atoms with van der Waals surface area (Å²) in [5.41, 5.74) is 4.61. The Labute approximate surface area is 180 Å². The largest absolute Gasteiger partial charge is 0.335 e. The van der Waals surface area contributed by atoms with Crippen molar-refractivity contribution < 1.29 is 14.4 Å². The number of urea groups is 1. The number of imide groups is 2. The van der Waals surface area contributed by atoms with Gasteiger partial charge in [0.1, 0.15) is 11.4 Å². The third-order valence-corrected chi connectivity index (χ3v) is 5.35. The van der Waals surface area contributed by atoms with Gasteiger partial charge in [-0.15, -0.1) is 0 Å². The van der Waals surface area contributed by atoms with Crippen LogP contribution in [0.2, 0.25) is 0 Å². The van der Waals surface area contributed by atoms with Crippen molar-refractivity contribution in [1.29, 1.82) is 0 Å². The molecule has 4 amide bonds. The van der Waals surface area contributed by atoms with Crippen LogP contribution in [0.1, 0.15) is 28.1 Å². The van der Waals surface area contributed by atoms with Crippen molar-refractivity contribution in [2.24, 2.45) is 0 Å². The minimum atomic E-state index is -0.754. The van der Waals surface area contributed by atoms with E-state index in [1.165, 1.54) is 6.08 Å². The number of hydrogen-bond acceptors (Lipinski definition) is 4. The van der Waals surface area contributed by atoms with Crippen LogP contribution in [0.25, 0.3) is 11.9 Å². The normalized spacial score (nSPS) is 15.5. The van der Waals surface area contributed by atoms with Gasteiger partial charge in [-0.1, -0.05) is 24.3 Å². The van der Waals surface area contributed by atoms with Gasteiger partial charge in [-0.2, -0.15) is 0 Å². The van der Waals surface area contributed by atoms with Crippen molar-refractivity contribution >= 4 is 29.6 Å². The Balaban J connectivity index is 1.77. The number of nitrogens with one attached hydrogen (secondary N) is 1. The zero-order chi connectivity index (χ0) is 22.3. The van der Waals surface area contributed by atoms with Gasteiger partial charge in [0.2, 0.25) is 0 Å². The van der Waals surface area contributed by atoms with Crippen LogP contribution in [0.5, 0.6) is 0 Å². The maximum absolute atomic E-state index is 13.2. The van der Waals surface area contributed by atoms with E-state index in [9.17, 15) is 14.4 Å². The summed E-state index contributed by atoms with van der Waals surface area (Å²) >= 11 is 0. The molecule has 7 nitrogen and oxygen atoms in total.